The zero-order valence-corrected chi connectivity index (χ0v) is 42.3. The first-order valence-electron chi connectivity index (χ1n) is 23.7. The van der Waals surface area contributed by atoms with Gasteiger partial charge in [-0.3, -0.25) is 9.98 Å². The Morgan fingerprint density at radius 2 is 0.672 bits per heavy atom. The molecule has 1 fully saturated rings. The van der Waals surface area contributed by atoms with Gasteiger partial charge in [0.1, 0.15) is 34.8 Å². The highest BCUT2D eigenvalue weighted by molar-refractivity contribution is 5.87. The first-order chi connectivity index (χ1) is 31.3. The molecule has 0 aromatic heterocycles. The SMILES string of the molecule is CC1(C)O[C@@H](C(N=Cc2cc(C(C)(C)C)cc(C(C)(C)C)c2O)(c2ccccc2)c2ccccc2)[C@H](C(N=Cc2cc(C(C)(C)C)cc(C(C)(C)C)c2O)(c2ccccc2)c2ccccc2)O1. The van der Waals surface area contributed by atoms with Gasteiger partial charge in [0.05, 0.1) is 0 Å². The van der Waals surface area contributed by atoms with Crippen molar-refractivity contribution in [1.82, 2.24) is 0 Å². The second-order valence-electron chi connectivity index (χ2n) is 22.9. The summed E-state index contributed by atoms with van der Waals surface area (Å²) in [5.74, 6) is -0.746. The van der Waals surface area contributed by atoms with Gasteiger partial charge in [0.15, 0.2) is 5.79 Å². The molecule has 2 atom stereocenters. The molecular formula is C61H72N2O4. The van der Waals surface area contributed by atoms with E-state index in [0.717, 1.165) is 44.5 Å². The van der Waals surface area contributed by atoms with Gasteiger partial charge in [-0.1, -0.05) is 217 Å². The van der Waals surface area contributed by atoms with Crippen molar-refractivity contribution >= 4 is 12.4 Å². The maximum Gasteiger partial charge on any atom is 0.164 e. The molecule has 2 N–H and O–H groups in total. The van der Waals surface area contributed by atoms with Crippen LogP contribution in [0.4, 0.5) is 0 Å². The zero-order chi connectivity index (χ0) is 48.8. The van der Waals surface area contributed by atoms with Crippen LogP contribution in [0.15, 0.2) is 156 Å². The van der Waals surface area contributed by atoms with Crippen molar-refractivity contribution in [2.24, 2.45) is 9.98 Å². The topological polar surface area (TPSA) is 83.6 Å². The van der Waals surface area contributed by atoms with E-state index in [-0.39, 0.29) is 33.2 Å². The molecule has 1 heterocycles. The number of aliphatic imine (C=N–C) groups is 2. The number of rotatable bonds is 10. The highest BCUT2D eigenvalue weighted by atomic mass is 16.8. The van der Waals surface area contributed by atoms with Gasteiger partial charge in [0, 0.05) is 34.7 Å². The van der Waals surface area contributed by atoms with Gasteiger partial charge < -0.3 is 19.7 Å². The van der Waals surface area contributed by atoms with Crippen LogP contribution in [0.1, 0.15) is 153 Å². The monoisotopic (exact) mass is 897 g/mol. The molecule has 1 aliphatic rings. The number of phenols is 2. The summed E-state index contributed by atoms with van der Waals surface area (Å²) in [6.07, 6.45) is 1.98. The van der Waals surface area contributed by atoms with E-state index >= 15 is 0 Å². The molecule has 1 saturated heterocycles. The van der Waals surface area contributed by atoms with E-state index in [0.29, 0.717) is 11.1 Å². The van der Waals surface area contributed by atoms with E-state index in [4.69, 9.17) is 19.5 Å². The number of benzene rings is 6. The Morgan fingerprint density at radius 1 is 0.403 bits per heavy atom. The minimum Gasteiger partial charge on any atom is -0.507 e. The molecule has 6 aromatic rings. The lowest BCUT2D eigenvalue weighted by atomic mass is 9.69. The summed E-state index contributed by atoms with van der Waals surface area (Å²) >= 11 is 0. The van der Waals surface area contributed by atoms with Crippen LogP contribution in [0, 0.1) is 0 Å². The number of hydrogen-bond acceptors (Lipinski definition) is 6. The molecule has 0 unspecified atom stereocenters. The van der Waals surface area contributed by atoms with Crippen LogP contribution in [0.25, 0.3) is 0 Å². The number of phenolic OH excluding ortho intramolecular Hbond substituents is 2. The summed E-state index contributed by atoms with van der Waals surface area (Å²) in [7, 11) is 0. The first-order valence-corrected chi connectivity index (χ1v) is 23.7. The number of hydrogen-bond donors (Lipinski definition) is 2. The molecule has 1 aliphatic heterocycles. The summed E-state index contributed by atoms with van der Waals surface area (Å²) < 4.78 is 14.9. The Hall–Kier alpha value is -5.82. The van der Waals surface area contributed by atoms with E-state index in [1.54, 1.807) is 0 Å². The summed E-state index contributed by atoms with van der Waals surface area (Å²) in [6, 6.07) is 49.5. The number of ether oxygens (including phenoxy) is 2. The molecule has 0 amide bonds. The molecule has 6 heteroatoms. The number of aromatic hydroxyl groups is 2. The predicted octanol–water partition coefficient (Wildman–Crippen LogP) is 14.2. The molecular weight excluding hydrogens is 825 g/mol. The van der Waals surface area contributed by atoms with E-state index in [9.17, 15) is 10.2 Å². The Labute approximate surface area is 400 Å². The van der Waals surface area contributed by atoms with Gasteiger partial charge in [-0.2, -0.15) is 0 Å². The smallest absolute Gasteiger partial charge is 0.164 e. The molecule has 0 bridgehead atoms. The van der Waals surface area contributed by atoms with Crippen LogP contribution >= 0.6 is 0 Å². The molecule has 0 aliphatic carbocycles. The largest absolute Gasteiger partial charge is 0.507 e. The Kier molecular flexibility index (Phi) is 13.2. The highest BCUT2D eigenvalue weighted by Gasteiger charge is 2.62. The van der Waals surface area contributed by atoms with Crippen LogP contribution < -0.4 is 0 Å². The van der Waals surface area contributed by atoms with E-state index in [2.05, 4.69) is 156 Å². The summed E-state index contributed by atoms with van der Waals surface area (Å²) in [6.45, 7) is 29.8. The lowest BCUT2D eigenvalue weighted by Crippen LogP contribution is -2.53. The number of nitrogens with zero attached hydrogens (tertiary/aromatic N) is 2. The van der Waals surface area contributed by atoms with Crippen molar-refractivity contribution in [2.75, 3.05) is 0 Å². The molecule has 0 spiro atoms. The quantitative estimate of drug-likeness (QED) is 0.134. The van der Waals surface area contributed by atoms with Gasteiger partial charge in [-0.25, -0.2) is 0 Å². The Morgan fingerprint density at radius 3 is 0.910 bits per heavy atom. The van der Waals surface area contributed by atoms with Crippen LogP contribution in [-0.2, 0) is 42.2 Å². The summed E-state index contributed by atoms with van der Waals surface area (Å²) in [4.78, 5) is 11.6. The van der Waals surface area contributed by atoms with Crippen molar-refractivity contribution in [3.63, 3.8) is 0 Å². The third-order valence-electron chi connectivity index (χ3n) is 13.2. The van der Waals surface area contributed by atoms with Crippen LogP contribution in [0.2, 0.25) is 0 Å². The maximum atomic E-state index is 12.2. The minimum absolute atomic E-state index is 0.194. The first kappa shape index (κ1) is 49.1. The maximum absolute atomic E-state index is 12.2. The molecule has 0 saturated carbocycles. The molecule has 6 nitrogen and oxygen atoms in total. The van der Waals surface area contributed by atoms with Crippen molar-refractivity contribution in [1.29, 1.82) is 0 Å². The lowest BCUT2D eigenvalue weighted by molar-refractivity contribution is -0.154. The van der Waals surface area contributed by atoms with Crippen molar-refractivity contribution in [3.8, 4) is 11.5 Å². The van der Waals surface area contributed by atoms with Gasteiger partial charge >= 0.3 is 0 Å². The summed E-state index contributed by atoms with van der Waals surface area (Å²) in [5.41, 5.74) is 4.93. The lowest BCUT2D eigenvalue weighted by Gasteiger charge is -2.44. The Balaban J connectivity index is 1.61. The van der Waals surface area contributed by atoms with E-state index in [1.807, 2.05) is 99.1 Å². The zero-order valence-electron chi connectivity index (χ0n) is 42.3. The van der Waals surface area contributed by atoms with E-state index in [1.165, 1.54) is 0 Å². The molecule has 67 heavy (non-hydrogen) atoms. The Bertz CT molecular complexity index is 2440. The van der Waals surface area contributed by atoms with Crippen LogP contribution in [-0.4, -0.2) is 40.6 Å². The predicted molar refractivity (Wildman–Crippen MR) is 277 cm³/mol. The van der Waals surface area contributed by atoms with Crippen molar-refractivity contribution < 1.29 is 19.7 Å². The fourth-order valence-corrected chi connectivity index (χ4v) is 9.44. The molecule has 0 radical (unpaired) electrons. The van der Waals surface area contributed by atoms with Gasteiger partial charge in [0.25, 0.3) is 0 Å². The van der Waals surface area contributed by atoms with Gasteiger partial charge in [0.2, 0.25) is 0 Å². The second kappa shape index (κ2) is 18.0. The standard InChI is InChI=1S/C61H72N2O4/c1-55(2,3)47-35-41(51(64)49(37-47)57(7,8)9)39-62-60(43-27-19-15-20-28-43,44-29-21-16-22-30-44)53-54(67-59(13,14)66-53)61(45-31-23-17-24-32-45,46-33-25-18-26-34-46)63-40-42-36-48(56(4,5)6)38-50(52(42)65)58(10,11)12/h15-40,53-54,64-65H,1-14H3/t53-,54-/m1/s1. The van der Waals surface area contributed by atoms with Crippen molar-refractivity contribution in [3.05, 3.63) is 201 Å². The van der Waals surface area contributed by atoms with Crippen molar-refractivity contribution in [2.45, 2.75) is 148 Å². The van der Waals surface area contributed by atoms with Gasteiger partial charge in [-0.05, 0) is 81.0 Å². The normalized spacial score (nSPS) is 17.4. The fraction of sp³-hybridized carbons (Fsp3) is 0.377. The van der Waals surface area contributed by atoms with E-state index < -0.39 is 29.1 Å². The summed E-state index contributed by atoms with van der Waals surface area (Å²) in [5, 5.41) is 24.5. The molecule has 7 rings (SSSR count). The fourth-order valence-electron chi connectivity index (χ4n) is 9.44. The van der Waals surface area contributed by atoms with Crippen LogP contribution in [0.5, 0.6) is 11.5 Å². The highest BCUT2D eigenvalue weighted by Crippen LogP contribution is 2.54. The average Bonchev–Trinajstić information content (AvgIpc) is 3.60. The second-order valence-corrected chi connectivity index (χ2v) is 22.9. The molecule has 350 valence electrons. The molecule has 6 aromatic carbocycles. The average molecular weight is 897 g/mol. The third-order valence-corrected chi connectivity index (χ3v) is 13.2. The third kappa shape index (κ3) is 9.80. The van der Waals surface area contributed by atoms with Gasteiger partial charge in [-0.15, -0.1) is 0 Å². The minimum atomic E-state index is -1.29. The van der Waals surface area contributed by atoms with Crippen LogP contribution in [0.3, 0.4) is 0 Å².